The van der Waals surface area contributed by atoms with E-state index in [-0.39, 0.29) is 0 Å². The summed E-state index contributed by atoms with van der Waals surface area (Å²) in [5.74, 6) is 0.980. The van der Waals surface area contributed by atoms with Crippen molar-refractivity contribution < 1.29 is 0 Å². The minimum absolute atomic E-state index is 0.782. The Labute approximate surface area is 156 Å². The molecule has 0 atom stereocenters. The number of rotatable bonds is 2. The lowest BCUT2D eigenvalue weighted by molar-refractivity contribution is 0.688. The fourth-order valence-electron chi connectivity index (χ4n) is 3.68. The van der Waals surface area contributed by atoms with Gasteiger partial charge in [-0.05, 0) is 31.5 Å². The van der Waals surface area contributed by atoms with Crippen LogP contribution in [-0.4, -0.2) is 41.1 Å². The van der Waals surface area contributed by atoms with Crippen LogP contribution in [0, 0.1) is 13.8 Å². The normalized spacial score (nSPS) is 14.0. The maximum Gasteiger partial charge on any atom is 0.180 e. The van der Waals surface area contributed by atoms with Crippen LogP contribution in [0.5, 0.6) is 0 Å². The summed E-state index contributed by atoms with van der Waals surface area (Å²) in [4.78, 5) is 7.01. The van der Waals surface area contributed by atoms with Crippen LogP contribution in [0.1, 0.15) is 22.4 Å². The fraction of sp³-hybridized carbons (Fsp3) is 0.316. The Morgan fingerprint density at radius 3 is 2.81 bits per heavy atom. The van der Waals surface area contributed by atoms with Crippen molar-refractivity contribution in [3.05, 3.63) is 53.2 Å². The van der Waals surface area contributed by atoms with Crippen LogP contribution in [0.4, 0.5) is 5.82 Å². The van der Waals surface area contributed by atoms with E-state index in [9.17, 15) is 0 Å². The highest BCUT2D eigenvalue weighted by atomic mass is 15.4. The molecule has 4 aromatic rings. The average Bonchev–Trinajstić information content (AvgIpc) is 3.33. The summed E-state index contributed by atoms with van der Waals surface area (Å²) < 4.78 is 3.57. The first-order valence-corrected chi connectivity index (χ1v) is 9.00. The molecule has 0 bridgehead atoms. The Bertz CT molecular complexity index is 1160. The van der Waals surface area contributed by atoms with Gasteiger partial charge in [0.1, 0.15) is 6.33 Å². The first-order chi connectivity index (χ1) is 13.1. The number of hydrogen-bond acceptors (Lipinski definition) is 6. The maximum absolute atomic E-state index is 4.76. The van der Waals surface area contributed by atoms with Crippen LogP contribution < -0.4 is 4.90 Å². The van der Waals surface area contributed by atoms with Gasteiger partial charge in [0.05, 0.1) is 5.69 Å². The van der Waals surface area contributed by atoms with Crippen molar-refractivity contribution in [3.63, 3.8) is 0 Å². The van der Waals surface area contributed by atoms with Gasteiger partial charge in [0.25, 0.3) is 0 Å². The third-order valence-electron chi connectivity index (χ3n) is 5.31. The monoisotopic (exact) mass is 360 g/mol. The van der Waals surface area contributed by atoms with Crippen LogP contribution in [-0.2, 0) is 20.0 Å². The van der Waals surface area contributed by atoms with Crippen LogP contribution in [0.2, 0.25) is 0 Å². The van der Waals surface area contributed by atoms with Gasteiger partial charge in [0.2, 0.25) is 0 Å². The summed E-state index contributed by atoms with van der Waals surface area (Å²) in [6, 6.07) is 4.22. The highest BCUT2D eigenvalue weighted by molar-refractivity contribution is 5.62. The number of anilines is 1. The Hall–Kier alpha value is -3.29. The summed E-state index contributed by atoms with van der Waals surface area (Å²) in [6.07, 6.45) is 6.43. The lowest BCUT2D eigenvalue weighted by Crippen LogP contribution is -2.32. The van der Waals surface area contributed by atoms with E-state index in [4.69, 9.17) is 10.1 Å². The van der Waals surface area contributed by atoms with Crippen LogP contribution in [0.15, 0.2) is 30.9 Å². The largest absolute Gasteiger partial charge is 0.350 e. The molecule has 0 fully saturated rings. The highest BCUT2D eigenvalue weighted by Crippen LogP contribution is 2.29. The van der Waals surface area contributed by atoms with Crippen molar-refractivity contribution in [3.8, 4) is 11.3 Å². The van der Waals surface area contributed by atoms with Crippen molar-refractivity contribution in [1.29, 1.82) is 0 Å². The van der Waals surface area contributed by atoms with Gasteiger partial charge < -0.3 is 4.90 Å². The molecule has 0 radical (unpaired) electrons. The van der Waals surface area contributed by atoms with E-state index < -0.39 is 0 Å². The predicted molar refractivity (Wildman–Crippen MR) is 101 cm³/mol. The smallest absolute Gasteiger partial charge is 0.180 e. The summed E-state index contributed by atoms with van der Waals surface area (Å²) in [5, 5.41) is 17.4. The molecule has 0 aromatic carbocycles. The molecule has 8 heteroatoms. The molecular formula is C19H20N8. The summed E-state index contributed by atoms with van der Waals surface area (Å²) >= 11 is 0. The molecule has 5 rings (SSSR count). The predicted octanol–water partition coefficient (Wildman–Crippen LogP) is 2.10. The van der Waals surface area contributed by atoms with Crippen LogP contribution in [0.3, 0.4) is 0 Å². The third-order valence-corrected chi connectivity index (χ3v) is 5.31. The van der Waals surface area contributed by atoms with Gasteiger partial charge in [-0.2, -0.15) is 9.61 Å². The second kappa shape index (κ2) is 5.87. The average molecular weight is 360 g/mol. The van der Waals surface area contributed by atoms with E-state index in [1.165, 1.54) is 5.56 Å². The SMILES string of the molecule is Cc1c(N2CCc3ncc(-c4ccn(C)n4)cc3C2)nn2cnnc2c1C. The first kappa shape index (κ1) is 15.9. The van der Waals surface area contributed by atoms with Gasteiger partial charge in [-0.1, -0.05) is 0 Å². The minimum atomic E-state index is 0.782. The lowest BCUT2D eigenvalue weighted by atomic mass is 10.0. The third kappa shape index (κ3) is 2.56. The maximum atomic E-state index is 4.76. The summed E-state index contributed by atoms with van der Waals surface area (Å²) in [6.45, 7) is 5.85. The van der Waals surface area contributed by atoms with Crippen LogP contribution in [0.25, 0.3) is 16.9 Å². The second-order valence-electron chi connectivity index (χ2n) is 7.05. The van der Waals surface area contributed by atoms with Crippen molar-refractivity contribution >= 4 is 11.5 Å². The van der Waals surface area contributed by atoms with E-state index in [1.807, 2.05) is 30.2 Å². The molecule has 1 aliphatic heterocycles. The van der Waals surface area contributed by atoms with Crippen LogP contribution >= 0.6 is 0 Å². The lowest BCUT2D eigenvalue weighted by Gasteiger charge is -2.30. The molecule has 1 aliphatic rings. The highest BCUT2D eigenvalue weighted by Gasteiger charge is 2.23. The molecule has 0 N–H and O–H groups in total. The van der Waals surface area contributed by atoms with Crippen molar-refractivity contribution in [2.75, 3.05) is 11.4 Å². The Morgan fingerprint density at radius 2 is 2.00 bits per heavy atom. The van der Waals surface area contributed by atoms with E-state index in [2.05, 4.69) is 40.1 Å². The van der Waals surface area contributed by atoms with E-state index in [0.29, 0.717) is 0 Å². The van der Waals surface area contributed by atoms with Gasteiger partial charge >= 0.3 is 0 Å². The van der Waals surface area contributed by atoms with Gasteiger partial charge in [-0.15, -0.1) is 15.3 Å². The second-order valence-corrected chi connectivity index (χ2v) is 7.05. The Kier molecular flexibility index (Phi) is 3.46. The topological polar surface area (TPSA) is 77.0 Å². The molecule has 8 nitrogen and oxygen atoms in total. The molecule has 0 amide bonds. The zero-order chi connectivity index (χ0) is 18.5. The molecule has 0 unspecified atom stereocenters. The summed E-state index contributed by atoms with van der Waals surface area (Å²) in [7, 11) is 1.93. The Balaban J connectivity index is 1.53. The zero-order valence-electron chi connectivity index (χ0n) is 15.6. The number of pyridine rings is 1. The van der Waals surface area contributed by atoms with Crippen molar-refractivity contribution in [1.82, 2.24) is 34.6 Å². The standard InChI is InChI=1S/C19H20N8/c1-12-13(2)19(24-27-11-21-22-18(12)27)26-7-5-16-15(10-26)8-14(9-20-16)17-4-6-25(3)23-17/h4,6,8-9,11H,5,7,10H2,1-3H3. The number of aryl methyl sites for hydroxylation is 2. The number of nitrogens with zero attached hydrogens (tertiary/aromatic N) is 8. The molecular weight excluding hydrogens is 340 g/mol. The molecule has 5 heterocycles. The fourth-order valence-corrected chi connectivity index (χ4v) is 3.68. The number of aromatic nitrogens is 7. The number of fused-ring (bicyclic) bond motifs is 2. The summed E-state index contributed by atoms with van der Waals surface area (Å²) in [5.41, 5.74) is 7.45. The molecule has 136 valence electrons. The minimum Gasteiger partial charge on any atom is -0.350 e. The molecule has 27 heavy (non-hydrogen) atoms. The van der Waals surface area contributed by atoms with Crippen molar-refractivity contribution in [2.24, 2.45) is 7.05 Å². The van der Waals surface area contributed by atoms with Crippen molar-refractivity contribution in [2.45, 2.75) is 26.8 Å². The van der Waals surface area contributed by atoms with E-state index in [1.54, 1.807) is 10.8 Å². The van der Waals surface area contributed by atoms with E-state index in [0.717, 1.165) is 59.1 Å². The van der Waals surface area contributed by atoms with Gasteiger partial charge in [-0.3, -0.25) is 9.67 Å². The Morgan fingerprint density at radius 1 is 1.11 bits per heavy atom. The number of hydrogen-bond donors (Lipinski definition) is 0. The quantitative estimate of drug-likeness (QED) is 0.545. The molecule has 0 saturated carbocycles. The molecule has 0 saturated heterocycles. The molecule has 0 aliphatic carbocycles. The first-order valence-electron chi connectivity index (χ1n) is 9.00. The van der Waals surface area contributed by atoms with Gasteiger partial charge in [0.15, 0.2) is 11.5 Å². The molecule has 0 spiro atoms. The molecule has 4 aromatic heterocycles. The van der Waals surface area contributed by atoms with Gasteiger partial charge in [0, 0.05) is 61.3 Å². The van der Waals surface area contributed by atoms with E-state index >= 15 is 0 Å². The van der Waals surface area contributed by atoms with Gasteiger partial charge in [-0.25, -0.2) is 0 Å². The zero-order valence-corrected chi connectivity index (χ0v) is 15.6.